The van der Waals surface area contributed by atoms with Crippen molar-refractivity contribution in [3.8, 4) is 5.75 Å². The van der Waals surface area contributed by atoms with Gasteiger partial charge in [-0.15, -0.1) is 0 Å². The van der Waals surface area contributed by atoms with E-state index < -0.39 is 17.2 Å². The van der Waals surface area contributed by atoms with Crippen molar-refractivity contribution in [2.45, 2.75) is 25.2 Å². The molecule has 5 heteroatoms. The van der Waals surface area contributed by atoms with E-state index >= 15 is 0 Å². The molecule has 0 saturated heterocycles. The number of benzene rings is 1. The monoisotopic (exact) mass is 272 g/mol. The summed E-state index contributed by atoms with van der Waals surface area (Å²) in [6.07, 6.45) is 0. The van der Waals surface area contributed by atoms with Gasteiger partial charge in [0, 0.05) is 21.3 Å². The lowest BCUT2D eigenvalue weighted by Crippen LogP contribution is -2.52. The normalized spacial score (nSPS) is 12.6. The molecule has 0 aromatic heterocycles. The van der Waals surface area contributed by atoms with E-state index in [2.05, 4.69) is 0 Å². The first-order valence-electron chi connectivity index (χ1n) is 5.88. The third-order valence-electron chi connectivity index (χ3n) is 3.45. The molecule has 0 bridgehead atoms. The Hall–Kier alpha value is -1.17. The summed E-state index contributed by atoms with van der Waals surface area (Å²) in [5.74, 6) is -1.55. The summed E-state index contributed by atoms with van der Waals surface area (Å²) in [5, 5.41) is 0. The second kappa shape index (κ2) is 5.86. The third-order valence-corrected chi connectivity index (χ3v) is 3.45. The lowest BCUT2D eigenvalue weighted by Gasteiger charge is -2.42. The van der Waals surface area contributed by atoms with Gasteiger partial charge in [0.05, 0.1) is 12.5 Å². The molecule has 1 aromatic rings. The molecule has 108 valence electrons. The molecule has 0 aliphatic rings. The van der Waals surface area contributed by atoms with Gasteiger partial charge in [-0.1, -0.05) is 6.07 Å². The van der Waals surface area contributed by atoms with Crippen LogP contribution in [0, 0.1) is 5.82 Å². The van der Waals surface area contributed by atoms with Crippen molar-refractivity contribution in [1.82, 2.24) is 0 Å². The van der Waals surface area contributed by atoms with E-state index in [1.54, 1.807) is 12.1 Å². The molecule has 0 aliphatic carbocycles. The molecule has 0 atom stereocenters. The van der Waals surface area contributed by atoms with Gasteiger partial charge >= 0.3 is 0 Å². The highest BCUT2D eigenvalue weighted by molar-refractivity contribution is 5.34. The standard InChI is InChI=1S/C14H21FO4/c1-13(2,14(17-4,18-5)19-6)10-7-8-12(16-3)11(15)9-10/h7-9H,1-6H3. The number of methoxy groups -OCH3 is 4. The van der Waals surface area contributed by atoms with Crippen LogP contribution in [0.15, 0.2) is 18.2 Å². The van der Waals surface area contributed by atoms with Crippen LogP contribution in [-0.2, 0) is 19.6 Å². The zero-order valence-corrected chi connectivity index (χ0v) is 12.2. The summed E-state index contributed by atoms with van der Waals surface area (Å²) >= 11 is 0. The largest absolute Gasteiger partial charge is 0.494 e. The fraction of sp³-hybridized carbons (Fsp3) is 0.571. The maximum Gasteiger partial charge on any atom is 0.291 e. The average molecular weight is 272 g/mol. The molecule has 0 amide bonds. The smallest absolute Gasteiger partial charge is 0.291 e. The van der Waals surface area contributed by atoms with E-state index in [0.29, 0.717) is 5.56 Å². The highest BCUT2D eigenvalue weighted by Gasteiger charge is 2.48. The van der Waals surface area contributed by atoms with Crippen LogP contribution >= 0.6 is 0 Å². The Bertz CT molecular complexity index is 419. The van der Waals surface area contributed by atoms with Crippen LogP contribution in [0.1, 0.15) is 19.4 Å². The first-order valence-corrected chi connectivity index (χ1v) is 5.88. The Labute approximate surface area is 113 Å². The van der Waals surface area contributed by atoms with E-state index in [0.717, 1.165) is 0 Å². The predicted octanol–water partition coefficient (Wildman–Crippen LogP) is 2.70. The summed E-state index contributed by atoms with van der Waals surface area (Å²) in [5.41, 5.74) is -0.0467. The van der Waals surface area contributed by atoms with E-state index in [1.807, 2.05) is 13.8 Å². The first kappa shape index (κ1) is 15.9. The van der Waals surface area contributed by atoms with Crippen molar-refractivity contribution in [2.75, 3.05) is 28.4 Å². The molecular weight excluding hydrogens is 251 g/mol. The summed E-state index contributed by atoms with van der Waals surface area (Å²) in [6.45, 7) is 3.70. The number of ether oxygens (including phenoxy) is 4. The van der Waals surface area contributed by atoms with Gasteiger partial charge in [-0.2, -0.15) is 0 Å². The van der Waals surface area contributed by atoms with E-state index in [1.165, 1.54) is 34.5 Å². The lowest BCUT2D eigenvalue weighted by atomic mass is 9.81. The number of hydrogen-bond acceptors (Lipinski definition) is 4. The summed E-state index contributed by atoms with van der Waals surface area (Å²) in [4.78, 5) is 0. The van der Waals surface area contributed by atoms with Gasteiger partial charge < -0.3 is 18.9 Å². The Morgan fingerprint density at radius 3 is 1.84 bits per heavy atom. The van der Waals surface area contributed by atoms with Crippen LogP contribution in [0.3, 0.4) is 0 Å². The van der Waals surface area contributed by atoms with Crippen molar-refractivity contribution in [1.29, 1.82) is 0 Å². The van der Waals surface area contributed by atoms with Gasteiger partial charge in [0.2, 0.25) is 0 Å². The Morgan fingerprint density at radius 1 is 0.947 bits per heavy atom. The lowest BCUT2D eigenvalue weighted by molar-refractivity contribution is -0.382. The molecule has 0 radical (unpaired) electrons. The predicted molar refractivity (Wildman–Crippen MR) is 69.7 cm³/mol. The van der Waals surface area contributed by atoms with Crippen molar-refractivity contribution >= 4 is 0 Å². The maximum absolute atomic E-state index is 13.8. The van der Waals surface area contributed by atoms with Crippen LogP contribution in [0.4, 0.5) is 4.39 Å². The zero-order chi connectivity index (χ0) is 14.7. The number of rotatable bonds is 6. The Balaban J connectivity index is 3.29. The molecule has 0 saturated carbocycles. The topological polar surface area (TPSA) is 36.9 Å². The van der Waals surface area contributed by atoms with Crippen molar-refractivity contribution in [3.05, 3.63) is 29.6 Å². The van der Waals surface area contributed by atoms with Gasteiger partial charge in [0.15, 0.2) is 11.6 Å². The highest BCUT2D eigenvalue weighted by atomic mass is 19.1. The van der Waals surface area contributed by atoms with Gasteiger partial charge in [-0.25, -0.2) is 4.39 Å². The minimum atomic E-state index is -1.30. The van der Waals surface area contributed by atoms with Gasteiger partial charge in [-0.3, -0.25) is 0 Å². The molecule has 4 nitrogen and oxygen atoms in total. The minimum absolute atomic E-state index is 0.192. The molecule has 0 unspecified atom stereocenters. The van der Waals surface area contributed by atoms with Crippen LogP contribution < -0.4 is 4.74 Å². The average Bonchev–Trinajstić information content (AvgIpc) is 2.41. The van der Waals surface area contributed by atoms with Crippen LogP contribution in [0.5, 0.6) is 5.75 Å². The number of hydrogen-bond donors (Lipinski definition) is 0. The Morgan fingerprint density at radius 2 is 1.47 bits per heavy atom. The van der Waals surface area contributed by atoms with Gasteiger partial charge in [0.25, 0.3) is 5.97 Å². The van der Waals surface area contributed by atoms with Gasteiger partial charge in [-0.05, 0) is 31.5 Å². The molecule has 0 heterocycles. The van der Waals surface area contributed by atoms with Crippen molar-refractivity contribution in [2.24, 2.45) is 0 Å². The maximum atomic E-state index is 13.8. The molecule has 1 rings (SSSR count). The van der Waals surface area contributed by atoms with Crippen molar-refractivity contribution in [3.63, 3.8) is 0 Å². The SMILES string of the molecule is COc1ccc(C(C)(C)C(OC)(OC)OC)cc1F. The van der Waals surface area contributed by atoms with E-state index in [-0.39, 0.29) is 5.75 Å². The van der Waals surface area contributed by atoms with Crippen LogP contribution in [0.25, 0.3) is 0 Å². The fourth-order valence-corrected chi connectivity index (χ4v) is 2.25. The molecular formula is C14H21FO4. The highest BCUT2D eigenvalue weighted by Crippen LogP contribution is 2.39. The summed E-state index contributed by atoms with van der Waals surface area (Å²) in [6, 6.07) is 4.72. The molecule has 0 fully saturated rings. The zero-order valence-electron chi connectivity index (χ0n) is 12.2. The second-order valence-electron chi connectivity index (χ2n) is 4.64. The van der Waals surface area contributed by atoms with Crippen molar-refractivity contribution < 1.29 is 23.3 Å². The third kappa shape index (κ3) is 2.59. The Kier molecular flexibility index (Phi) is 4.90. The first-order chi connectivity index (χ1) is 8.88. The van der Waals surface area contributed by atoms with Gasteiger partial charge in [0.1, 0.15) is 0 Å². The fourth-order valence-electron chi connectivity index (χ4n) is 2.25. The molecule has 1 aromatic carbocycles. The molecule has 0 N–H and O–H groups in total. The quantitative estimate of drug-likeness (QED) is 0.746. The van der Waals surface area contributed by atoms with E-state index in [4.69, 9.17) is 18.9 Å². The second-order valence-corrected chi connectivity index (χ2v) is 4.64. The minimum Gasteiger partial charge on any atom is -0.494 e. The van der Waals surface area contributed by atoms with Crippen LogP contribution in [0.2, 0.25) is 0 Å². The molecule has 0 spiro atoms. The van der Waals surface area contributed by atoms with Crippen LogP contribution in [-0.4, -0.2) is 34.4 Å². The molecule has 19 heavy (non-hydrogen) atoms. The molecule has 0 aliphatic heterocycles. The number of halogens is 1. The van der Waals surface area contributed by atoms with E-state index in [9.17, 15) is 4.39 Å². The summed E-state index contributed by atoms with van der Waals surface area (Å²) in [7, 11) is 5.87. The summed E-state index contributed by atoms with van der Waals surface area (Å²) < 4.78 is 34.8.